The zero-order valence-electron chi connectivity index (χ0n) is 21.4. The van der Waals surface area contributed by atoms with Crippen molar-refractivity contribution >= 4 is 40.0 Å². The summed E-state index contributed by atoms with van der Waals surface area (Å²) in [6.07, 6.45) is 5.38. The van der Waals surface area contributed by atoms with Gasteiger partial charge in [0, 0.05) is 34.8 Å². The lowest BCUT2D eigenvalue weighted by atomic mass is 10.00. The van der Waals surface area contributed by atoms with Gasteiger partial charge in [-0.15, -0.1) is 5.10 Å². The number of aromatic nitrogens is 6. The molecular weight excluding hydrogens is 539 g/mol. The maximum Gasteiger partial charge on any atom is 0.252 e. The number of rotatable bonds is 8. The van der Waals surface area contributed by atoms with E-state index in [1.807, 2.05) is 32.0 Å². The molecule has 3 aromatic heterocycles. The summed E-state index contributed by atoms with van der Waals surface area (Å²) in [6, 6.07) is 11.5. The number of ether oxygens (including phenoxy) is 1. The van der Waals surface area contributed by atoms with Crippen LogP contribution in [0.1, 0.15) is 30.6 Å². The van der Waals surface area contributed by atoms with Crippen LogP contribution in [0.3, 0.4) is 0 Å². The van der Waals surface area contributed by atoms with E-state index in [0.717, 1.165) is 16.8 Å². The van der Waals surface area contributed by atoms with Gasteiger partial charge < -0.3 is 9.30 Å². The minimum atomic E-state index is -0.687. The molecule has 0 radical (unpaired) electrons. The van der Waals surface area contributed by atoms with Crippen molar-refractivity contribution in [2.75, 3.05) is 7.11 Å². The monoisotopic (exact) mass is 562 g/mol. The second kappa shape index (κ2) is 11.0. The summed E-state index contributed by atoms with van der Waals surface area (Å²) in [5, 5.41) is 8.56. The molecule has 11 heteroatoms. The van der Waals surface area contributed by atoms with Crippen LogP contribution in [0.5, 0.6) is 5.75 Å². The van der Waals surface area contributed by atoms with Crippen LogP contribution in [-0.4, -0.2) is 42.4 Å². The number of fused-ring (bicyclic) bond motifs is 1. The lowest BCUT2D eigenvalue weighted by molar-refractivity contribution is -0.121. The van der Waals surface area contributed by atoms with Crippen molar-refractivity contribution in [2.24, 2.45) is 0 Å². The number of ketones is 1. The molecular formula is C28H24Cl2N6O3. The largest absolute Gasteiger partial charge is 0.495 e. The molecule has 198 valence electrons. The second-order valence-electron chi connectivity index (χ2n) is 9.05. The highest BCUT2D eigenvalue weighted by molar-refractivity contribution is 6.31. The summed E-state index contributed by atoms with van der Waals surface area (Å²) in [4.78, 5) is 35.7. The predicted molar refractivity (Wildman–Crippen MR) is 150 cm³/mol. The second-order valence-corrected chi connectivity index (χ2v) is 9.87. The number of benzene rings is 2. The van der Waals surface area contributed by atoms with Crippen LogP contribution < -0.4 is 10.3 Å². The number of nitrogens with zero attached hydrogens (tertiary/aromatic N) is 6. The van der Waals surface area contributed by atoms with Gasteiger partial charge >= 0.3 is 0 Å². The molecule has 0 saturated heterocycles. The highest BCUT2D eigenvalue weighted by Gasteiger charge is 2.23. The molecule has 0 bridgehead atoms. The fourth-order valence-corrected chi connectivity index (χ4v) is 4.89. The van der Waals surface area contributed by atoms with Gasteiger partial charge in [0.2, 0.25) is 0 Å². The molecule has 2 aromatic carbocycles. The number of methoxy groups -OCH3 is 1. The Morgan fingerprint density at radius 2 is 1.87 bits per heavy atom. The highest BCUT2D eigenvalue weighted by atomic mass is 35.5. The van der Waals surface area contributed by atoms with E-state index in [1.54, 1.807) is 36.8 Å². The number of carbonyl (C=O) groups is 1. The Labute approximate surface area is 234 Å². The van der Waals surface area contributed by atoms with Gasteiger partial charge in [0.15, 0.2) is 10.9 Å². The summed E-state index contributed by atoms with van der Waals surface area (Å²) in [6.45, 7) is 3.75. The quantitative estimate of drug-likeness (QED) is 0.248. The van der Waals surface area contributed by atoms with E-state index in [2.05, 4.69) is 20.3 Å². The first kappa shape index (κ1) is 26.5. The Bertz CT molecular complexity index is 1760. The minimum Gasteiger partial charge on any atom is -0.495 e. The summed E-state index contributed by atoms with van der Waals surface area (Å²) in [5.74, 6) is 0.293. The smallest absolute Gasteiger partial charge is 0.252 e. The lowest BCUT2D eigenvalue weighted by Gasteiger charge is -2.20. The molecule has 1 atom stereocenters. The fraction of sp³-hybridized carbons (Fsp3) is 0.214. The molecule has 0 fully saturated rings. The molecule has 0 aliphatic heterocycles. The van der Waals surface area contributed by atoms with Gasteiger partial charge in [-0.2, -0.15) is 0 Å². The van der Waals surface area contributed by atoms with Crippen LogP contribution in [-0.2, 0) is 11.2 Å². The summed E-state index contributed by atoms with van der Waals surface area (Å²) >= 11 is 12.3. The zero-order chi connectivity index (χ0) is 27.7. The maximum atomic E-state index is 13.4. The van der Waals surface area contributed by atoms with Gasteiger partial charge in [0.1, 0.15) is 5.75 Å². The third kappa shape index (κ3) is 5.41. The summed E-state index contributed by atoms with van der Waals surface area (Å²) in [5.41, 5.74) is 4.45. The van der Waals surface area contributed by atoms with Crippen LogP contribution in [0.4, 0.5) is 0 Å². The Morgan fingerprint density at radius 3 is 2.59 bits per heavy atom. The number of carbonyl (C=O) groups excluding carboxylic acids is 1. The van der Waals surface area contributed by atoms with Crippen LogP contribution in [0.15, 0.2) is 65.8 Å². The van der Waals surface area contributed by atoms with Gasteiger partial charge in [-0.05, 0) is 49.2 Å². The first-order valence-corrected chi connectivity index (χ1v) is 13.0. The molecule has 0 saturated carbocycles. The number of hydrogen-bond acceptors (Lipinski definition) is 7. The standard InChI is InChI=1S/C28H24Cl2N6O3/c1-4-23(25(37)10-17-5-7-21-22(9-17)31-13-16(2)32-21)35-14-26(39-3)20(12-28(35)38)19-11-18(29)6-8-24(19)36-15-27(30)33-34-36/h5-9,11-15,23H,4,10H2,1-3H3. The van der Waals surface area contributed by atoms with Crippen molar-refractivity contribution in [1.82, 2.24) is 29.5 Å². The Kier molecular flexibility index (Phi) is 7.45. The highest BCUT2D eigenvalue weighted by Crippen LogP contribution is 2.35. The van der Waals surface area contributed by atoms with Crippen LogP contribution in [0.2, 0.25) is 10.2 Å². The maximum absolute atomic E-state index is 13.4. The number of aryl methyl sites for hydroxylation is 1. The molecule has 5 rings (SSSR count). The van der Waals surface area contributed by atoms with E-state index in [9.17, 15) is 9.59 Å². The SMILES string of the molecule is CCC(C(=O)Cc1ccc2nc(C)cnc2c1)n1cc(OC)c(-c2cc(Cl)ccc2-n2cc(Cl)nn2)cc1=O. The van der Waals surface area contributed by atoms with E-state index in [4.69, 9.17) is 27.9 Å². The number of Topliss-reactive ketones (excluding diaryl/α,β-unsaturated/α-hetero) is 1. The zero-order valence-corrected chi connectivity index (χ0v) is 22.9. The van der Waals surface area contributed by atoms with Crippen LogP contribution in [0.25, 0.3) is 27.8 Å². The van der Waals surface area contributed by atoms with E-state index in [1.165, 1.54) is 22.4 Å². The molecule has 0 amide bonds. The first-order chi connectivity index (χ1) is 18.8. The molecule has 9 nitrogen and oxygen atoms in total. The third-order valence-electron chi connectivity index (χ3n) is 6.42. The fourth-order valence-electron chi connectivity index (χ4n) is 4.59. The van der Waals surface area contributed by atoms with Crippen molar-refractivity contribution in [3.63, 3.8) is 0 Å². The minimum absolute atomic E-state index is 0.102. The molecule has 5 aromatic rings. The molecule has 1 unspecified atom stereocenters. The van der Waals surface area contributed by atoms with Crippen molar-refractivity contribution in [3.8, 4) is 22.6 Å². The van der Waals surface area contributed by atoms with Crippen LogP contribution in [0, 0.1) is 6.92 Å². The van der Waals surface area contributed by atoms with E-state index in [0.29, 0.717) is 39.5 Å². The molecule has 0 aliphatic carbocycles. The first-order valence-electron chi connectivity index (χ1n) is 12.2. The predicted octanol–water partition coefficient (Wildman–Crippen LogP) is 5.43. The average Bonchev–Trinajstić information content (AvgIpc) is 3.35. The normalized spacial score (nSPS) is 12.0. The lowest BCUT2D eigenvalue weighted by Crippen LogP contribution is -2.30. The van der Waals surface area contributed by atoms with Gasteiger partial charge in [-0.25, -0.2) is 9.67 Å². The molecule has 0 spiro atoms. The molecule has 3 heterocycles. The van der Waals surface area contributed by atoms with Crippen molar-refractivity contribution in [1.29, 1.82) is 0 Å². The third-order valence-corrected chi connectivity index (χ3v) is 6.83. The van der Waals surface area contributed by atoms with Crippen molar-refractivity contribution < 1.29 is 9.53 Å². The molecule has 0 N–H and O–H groups in total. The Hall–Kier alpha value is -4.08. The van der Waals surface area contributed by atoms with E-state index >= 15 is 0 Å². The summed E-state index contributed by atoms with van der Waals surface area (Å²) in [7, 11) is 1.50. The molecule has 39 heavy (non-hydrogen) atoms. The topological polar surface area (TPSA) is 105 Å². The number of halogens is 2. The molecule has 0 aliphatic rings. The van der Waals surface area contributed by atoms with E-state index < -0.39 is 6.04 Å². The van der Waals surface area contributed by atoms with Gasteiger partial charge in [0.05, 0.1) is 48.0 Å². The number of hydrogen-bond donors (Lipinski definition) is 0. The Balaban J connectivity index is 1.51. The van der Waals surface area contributed by atoms with Gasteiger partial charge in [0.25, 0.3) is 5.56 Å². The average molecular weight is 563 g/mol. The van der Waals surface area contributed by atoms with Gasteiger partial charge in [-0.1, -0.05) is 41.4 Å². The Morgan fingerprint density at radius 1 is 1.05 bits per heavy atom. The van der Waals surface area contributed by atoms with Crippen LogP contribution >= 0.6 is 23.2 Å². The summed E-state index contributed by atoms with van der Waals surface area (Å²) < 4.78 is 8.60. The number of pyridine rings is 1. The van der Waals surface area contributed by atoms with Crippen molar-refractivity contribution in [3.05, 3.63) is 92.8 Å². The van der Waals surface area contributed by atoms with E-state index in [-0.39, 0.29) is 22.9 Å². The van der Waals surface area contributed by atoms with Gasteiger partial charge in [-0.3, -0.25) is 14.6 Å². The van der Waals surface area contributed by atoms with Crippen molar-refractivity contribution in [2.45, 2.75) is 32.7 Å².